The number of ketones is 1. The number of benzene rings is 2. The van der Waals surface area contributed by atoms with E-state index < -0.39 is 5.82 Å². The standard InChI is InChI=1S/C20H20FNO4/c1-13(15-4-8-18-19(12-15)26-11-10-25-18)22-20(24)9-7-17(23)14-2-5-16(21)6-3-14/h2-6,8,12-13H,7,9-11H2,1H3,(H,22,24)/t13-/m0/s1. The Kier molecular flexibility index (Phi) is 5.51. The van der Waals surface area contributed by atoms with Crippen LogP contribution in [0.15, 0.2) is 42.5 Å². The molecule has 0 aliphatic carbocycles. The molecule has 0 saturated carbocycles. The van der Waals surface area contributed by atoms with Crippen molar-refractivity contribution in [3.63, 3.8) is 0 Å². The van der Waals surface area contributed by atoms with E-state index in [-0.39, 0.29) is 30.6 Å². The summed E-state index contributed by atoms with van der Waals surface area (Å²) in [5.74, 6) is 0.562. The van der Waals surface area contributed by atoms with Crippen LogP contribution >= 0.6 is 0 Å². The predicted octanol–water partition coefficient (Wildman–Crippen LogP) is 3.44. The van der Waals surface area contributed by atoms with Crippen molar-refractivity contribution in [1.82, 2.24) is 5.32 Å². The van der Waals surface area contributed by atoms with E-state index in [4.69, 9.17) is 9.47 Å². The molecule has 1 amide bonds. The molecule has 0 spiro atoms. The maximum Gasteiger partial charge on any atom is 0.220 e. The van der Waals surface area contributed by atoms with Crippen LogP contribution in [0.25, 0.3) is 0 Å². The van der Waals surface area contributed by atoms with E-state index in [1.807, 2.05) is 25.1 Å². The van der Waals surface area contributed by atoms with Gasteiger partial charge in [-0.05, 0) is 48.9 Å². The molecule has 26 heavy (non-hydrogen) atoms. The zero-order valence-electron chi connectivity index (χ0n) is 14.5. The van der Waals surface area contributed by atoms with E-state index in [0.29, 0.717) is 30.3 Å². The average molecular weight is 357 g/mol. The number of ether oxygens (including phenoxy) is 2. The summed E-state index contributed by atoms with van der Waals surface area (Å²) < 4.78 is 23.9. The first-order valence-corrected chi connectivity index (χ1v) is 8.50. The highest BCUT2D eigenvalue weighted by Gasteiger charge is 2.16. The molecule has 1 aliphatic rings. The second kappa shape index (κ2) is 7.99. The predicted molar refractivity (Wildman–Crippen MR) is 94.0 cm³/mol. The SMILES string of the molecule is C[C@H](NC(=O)CCC(=O)c1ccc(F)cc1)c1ccc2c(c1)OCCO2. The molecule has 6 heteroatoms. The molecule has 3 rings (SSSR count). The van der Waals surface area contributed by atoms with Crippen molar-refractivity contribution in [2.45, 2.75) is 25.8 Å². The van der Waals surface area contributed by atoms with Gasteiger partial charge in [0.05, 0.1) is 6.04 Å². The fraction of sp³-hybridized carbons (Fsp3) is 0.300. The van der Waals surface area contributed by atoms with Gasteiger partial charge in [0.1, 0.15) is 19.0 Å². The molecule has 1 atom stereocenters. The second-order valence-corrected chi connectivity index (χ2v) is 6.12. The molecule has 136 valence electrons. The van der Waals surface area contributed by atoms with Crippen molar-refractivity contribution in [3.8, 4) is 11.5 Å². The lowest BCUT2D eigenvalue weighted by molar-refractivity contribution is -0.121. The van der Waals surface area contributed by atoms with Crippen LogP contribution in [0.1, 0.15) is 41.7 Å². The second-order valence-electron chi connectivity index (χ2n) is 6.12. The van der Waals surface area contributed by atoms with Gasteiger partial charge in [0.2, 0.25) is 5.91 Å². The molecule has 5 nitrogen and oxygen atoms in total. The maximum absolute atomic E-state index is 12.9. The summed E-state index contributed by atoms with van der Waals surface area (Å²) in [4.78, 5) is 24.2. The monoisotopic (exact) mass is 357 g/mol. The minimum absolute atomic E-state index is 0.0745. The lowest BCUT2D eigenvalue weighted by Gasteiger charge is -2.21. The van der Waals surface area contributed by atoms with Crippen LogP contribution in [0.3, 0.4) is 0 Å². The van der Waals surface area contributed by atoms with Crippen LogP contribution in [0, 0.1) is 5.82 Å². The molecule has 0 bridgehead atoms. The Bertz CT molecular complexity index is 804. The normalized spacial score (nSPS) is 13.8. The first-order valence-electron chi connectivity index (χ1n) is 8.50. The van der Waals surface area contributed by atoms with E-state index >= 15 is 0 Å². The van der Waals surface area contributed by atoms with Gasteiger partial charge < -0.3 is 14.8 Å². The molecular weight excluding hydrogens is 337 g/mol. The largest absolute Gasteiger partial charge is 0.486 e. The van der Waals surface area contributed by atoms with Crippen LogP contribution in [-0.2, 0) is 4.79 Å². The molecule has 1 N–H and O–H groups in total. The highest BCUT2D eigenvalue weighted by Crippen LogP contribution is 2.32. The lowest BCUT2D eigenvalue weighted by atomic mass is 10.1. The highest BCUT2D eigenvalue weighted by atomic mass is 19.1. The summed E-state index contributed by atoms with van der Waals surface area (Å²) in [6.07, 6.45) is 0.149. The number of Topliss-reactive ketones (excluding diaryl/α,β-unsaturated/α-hetero) is 1. The summed E-state index contributed by atoms with van der Waals surface area (Å²) in [5.41, 5.74) is 1.30. The fourth-order valence-corrected chi connectivity index (χ4v) is 2.73. The Labute approximate surface area is 151 Å². The third-order valence-electron chi connectivity index (χ3n) is 4.19. The molecule has 0 unspecified atom stereocenters. The molecular formula is C20H20FNO4. The van der Waals surface area contributed by atoms with Gasteiger partial charge in [-0.1, -0.05) is 6.07 Å². The van der Waals surface area contributed by atoms with E-state index in [2.05, 4.69) is 5.32 Å². The van der Waals surface area contributed by atoms with Gasteiger partial charge in [-0.2, -0.15) is 0 Å². The van der Waals surface area contributed by atoms with Crippen LogP contribution in [0.5, 0.6) is 11.5 Å². The molecule has 1 heterocycles. The van der Waals surface area contributed by atoms with Crippen LogP contribution in [0.2, 0.25) is 0 Å². The summed E-state index contributed by atoms with van der Waals surface area (Å²) >= 11 is 0. The molecule has 0 aromatic heterocycles. The van der Waals surface area contributed by atoms with Crippen molar-refractivity contribution < 1.29 is 23.5 Å². The average Bonchev–Trinajstić information content (AvgIpc) is 2.66. The lowest BCUT2D eigenvalue weighted by Crippen LogP contribution is -2.27. The summed E-state index contributed by atoms with van der Waals surface area (Å²) in [6, 6.07) is 10.6. The summed E-state index contributed by atoms with van der Waals surface area (Å²) in [7, 11) is 0. The van der Waals surface area contributed by atoms with E-state index in [1.54, 1.807) is 0 Å². The summed E-state index contributed by atoms with van der Waals surface area (Å²) in [5, 5.41) is 2.87. The zero-order chi connectivity index (χ0) is 18.5. The number of hydrogen-bond acceptors (Lipinski definition) is 4. The quantitative estimate of drug-likeness (QED) is 0.805. The van der Waals surface area contributed by atoms with Crippen molar-refractivity contribution >= 4 is 11.7 Å². The molecule has 2 aromatic rings. The number of hydrogen-bond donors (Lipinski definition) is 1. The summed E-state index contributed by atoms with van der Waals surface area (Å²) in [6.45, 7) is 2.90. The minimum atomic E-state index is -0.396. The van der Waals surface area contributed by atoms with Crippen LogP contribution < -0.4 is 14.8 Å². The Morgan fingerprint density at radius 1 is 1.04 bits per heavy atom. The van der Waals surface area contributed by atoms with E-state index in [9.17, 15) is 14.0 Å². The van der Waals surface area contributed by atoms with Gasteiger partial charge in [-0.25, -0.2) is 4.39 Å². The minimum Gasteiger partial charge on any atom is -0.486 e. The number of amides is 1. The van der Waals surface area contributed by atoms with Gasteiger partial charge in [-0.3, -0.25) is 9.59 Å². The Morgan fingerprint density at radius 2 is 1.73 bits per heavy atom. The molecule has 0 saturated heterocycles. The maximum atomic E-state index is 12.9. The van der Waals surface area contributed by atoms with Crippen molar-refractivity contribution in [2.75, 3.05) is 13.2 Å². The number of rotatable bonds is 6. The first kappa shape index (κ1) is 17.9. The topological polar surface area (TPSA) is 64.6 Å². The van der Waals surface area contributed by atoms with Gasteiger partial charge in [-0.15, -0.1) is 0 Å². The number of carbonyl (C=O) groups is 2. The van der Waals surface area contributed by atoms with Crippen molar-refractivity contribution in [1.29, 1.82) is 0 Å². The Morgan fingerprint density at radius 3 is 2.46 bits per heavy atom. The van der Waals surface area contributed by atoms with Gasteiger partial charge in [0.25, 0.3) is 0 Å². The molecule has 0 radical (unpaired) electrons. The van der Waals surface area contributed by atoms with Crippen LogP contribution in [0.4, 0.5) is 4.39 Å². The van der Waals surface area contributed by atoms with Crippen LogP contribution in [-0.4, -0.2) is 24.9 Å². The van der Waals surface area contributed by atoms with E-state index in [1.165, 1.54) is 24.3 Å². The Balaban J connectivity index is 1.52. The first-order chi connectivity index (χ1) is 12.5. The fourth-order valence-electron chi connectivity index (χ4n) is 2.73. The van der Waals surface area contributed by atoms with E-state index in [0.717, 1.165) is 5.56 Å². The molecule has 0 fully saturated rings. The highest BCUT2D eigenvalue weighted by molar-refractivity contribution is 5.97. The molecule has 1 aliphatic heterocycles. The number of halogens is 1. The van der Waals surface area contributed by atoms with Crippen molar-refractivity contribution in [2.24, 2.45) is 0 Å². The third-order valence-corrected chi connectivity index (χ3v) is 4.19. The van der Waals surface area contributed by atoms with Gasteiger partial charge in [0.15, 0.2) is 17.3 Å². The van der Waals surface area contributed by atoms with Crippen molar-refractivity contribution in [3.05, 3.63) is 59.4 Å². The molecule has 2 aromatic carbocycles. The smallest absolute Gasteiger partial charge is 0.220 e. The number of carbonyl (C=O) groups excluding carboxylic acids is 2. The van der Waals surface area contributed by atoms with Gasteiger partial charge >= 0.3 is 0 Å². The number of nitrogens with one attached hydrogen (secondary N) is 1. The Hall–Kier alpha value is -2.89. The number of fused-ring (bicyclic) bond motifs is 1. The van der Waals surface area contributed by atoms with Gasteiger partial charge in [0, 0.05) is 18.4 Å². The zero-order valence-corrected chi connectivity index (χ0v) is 14.5. The third kappa shape index (κ3) is 4.39.